The van der Waals surface area contributed by atoms with Crippen LogP contribution in [-0.4, -0.2) is 9.91 Å². The summed E-state index contributed by atoms with van der Waals surface area (Å²) in [5.74, 6) is 0.649. The molecule has 1 aromatic carbocycles. The smallest absolute Gasteiger partial charge is 0.311 e. The van der Waals surface area contributed by atoms with Crippen molar-refractivity contribution in [3.8, 4) is 11.6 Å². The Hall–Kier alpha value is -2.63. The number of anilines is 1. The molecule has 0 aliphatic carbocycles. The summed E-state index contributed by atoms with van der Waals surface area (Å²) in [6.07, 6.45) is 0. The average molecular weight is 231 g/mol. The number of nitrogens with zero attached hydrogens (tertiary/aromatic N) is 2. The van der Waals surface area contributed by atoms with Gasteiger partial charge in [-0.05, 0) is 12.1 Å². The van der Waals surface area contributed by atoms with Crippen molar-refractivity contribution in [1.29, 1.82) is 0 Å². The fraction of sp³-hybridized carbons (Fsp3) is 0. The summed E-state index contributed by atoms with van der Waals surface area (Å²) in [6.45, 7) is 0. The van der Waals surface area contributed by atoms with Crippen LogP contribution in [0.2, 0.25) is 0 Å². The Balaban J connectivity index is 2.33. The standard InChI is InChI=1S/C11H9N3O3/c12-10-6-3-7-11(13-10)17-9-5-2-1-4-8(9)14(15)16/h1-7H,(H2,12,13). The Bertz CT molecular complexity index is 557. The van der Waals surface area contributed by atoms with Gasteiger partial charge in [0.25, 0.3) is 0 Å². The van der Waals surface area contributed by atoms with Gasteiger partial charge in [-0.15, -0.1) is 0 Å². The molecule has 0 aliphatic rings. The lowest BCUT2D eigenvalue weighted by Gasteiger charge is -2.05. The van der Waals surface area contributed by atoms with Crippen LogP contribution in [0.15, 0.2) is 42.5 Å². The van der Waals surface area contributed by atoms with E-state index in [4.69, 9.17) is 10.5 Å². The first-order valence-corrected chi connectivity index (χ1v) is 4.80. The summed E-state index contributed by atoms with van der Waals surface area (Å²) in [7, 11) is 0. The van der Waals surface area contributed by atoms with Crippen molar-refractivity contribution < 1.29 is 9.66 Å². The number of nitro groups is 1. The number of aromatic nitrogens is 1. The number of nitrogen functional groups attached to an aromatic ring is 1. The molecular formula is C11H9N3O3. The molecule has 17 heavy (non-hydrogen) atoms. The first-order valence-electron chi connectivity index (χ1n) is 4.80. The molecule has 6 heteroatoms. The number of hydrogen-bond acceptors (Lipinski definition) is 5. The topological polar surface area (TPSA) is 91.3 Å². The maximum absolute atomic E-state index is 10.8. The predicted octanol–water partition coefficient (Wildman–Crippen LogP) is 2.36. The lowest BCUT2D eigenvalue weighted by atomic mass is 10.3. The first kappa shape index (κ1) is 10.9. The lowest BCUT2D eigenvalue weighted by Crippen LogP contribution is -1.96. The molecule has 2 aromatic rings. The third-order valence-electron chi connectivity index (χ3n) is 2.02. The number of hydrogen-bond donors (Lipinski definition) is 1. The highest BCUT2D eigenvalue weighted by Gasteiger charge is 2.14. The molecule has 86 valence electrons. The minimum absolute atomic E-state index is 0.114. The van der Waals surface area contributed by atoms with Gasteiger partial charge in [0.05, 0.1) is 4.92 Å². The van der Waals surface area contributed by atoms with E-state index in [1.807, 2.05) is 0 Å². The molecule has 0 amide bonds. The van der Waals surface area contributed by atoms with E-state index in [1.54, 1.807) is 30.3 Å². The lowest BCUT2D eigenvalue weighted by molar-refractivity contribution is -0.385. The minimum Gasteiger partial charge on any atom is -0.432 e. The fourth-order valence-corrected chi connectivity index (χ4v) is 1.29. The Labute approximate surface area is 96.8 Å². The second kappa shape index (κ2) is 4.48. The van der Waals surface area contributed by atoms with E-state index < -0.39 is 4.92 Å². The summed E-state index contributed by atoms with van der Waals surface area (Å²) < 4.78 is 5.32. The van der Waals surface area contributed by atoms with Crippen molar-refractivity contribution >= 4 is 11.5 Å². The Morgan fingerprint density at radius 3 is 2.65 bits per heavy atom. The highest BCUT2D eigenvalue weighted by molar-refractivity contribution is 5.47. The number of ether oxygens (including phenoxy) is 1. The molecular weight excluding hydrogens is 222 g/mol. The molecule has 0 bridgehead atoms. The molecule has 1 aromatic heterocycles. The normalized spacial score (nSPS) is 9.88. The first-order chi connectivity index (χ1) is 8.16. The molecule has 2 N–H and O–H groups in total. The molecule has 0 atom stereocenters. The fourth-order valence-electron chi connectivity index (χ4n) is 1.29. The Kier molecular flexibility index (Phi) is 2.87. The second-order valence-electron chi connectivity index (χ2n) is 3.23. The van der Waals surface area contributed by atoms with Crippen molar-refractivity contribution in [2.24, 2.45) is 0 Å². The third kappa shape index (κ3) is 2.49. The summed E-state index contributed by atoms with van der Waals surface area (Å²) >= 11 is 0. The molecule has 0 unspecified atom stereocenters. The average Bonchev–Trinajstić information content (AvgIpc) is 2.29. The van der Waals surface area contributed by atoms with E-state index in [1.165, 1.54) is 12.1 Å². The van der Waals surface area contributed by atoms with Gasteiger partial charge >= 0.3 is 5.69 Å². The van der Waals surface area contributed by atoms with Crippen LogP contribution < -0.4 is 10.5 Å². The SMILES string of the molecule is Nc1cccc(Oc2ccccc2[N+](=O)[O-])n1. The number of nitrogens with two attached hydrogens (primary N) is 1. The summed E-state index contributed by atoms with van der Waals surface area (Å²) in [5, 5.41) is 10.8. The number of benzene rings is 1. The van der Waals surface area contributed by atoms with Gasteiger partial charge in [-0.3, -0.25) is 10.1 Å². The zero-order valence-corrected chi connectivity index (χ0v) is 8.74. The van der Waals surface area contributed by atoms with E-state index in [2.05, 4.69) is 4.98 Å². The van der Waals surface area contributed by atoms with Crippen LogP contribution in [0.4, 0.5) is 11.5 Å². The molecule has 0 spiro atoms. The van der Waals surface area contributed by atoms with Crippen molar-refractivity contribution in [1.82, 2.24) is 4.98 Å². The van der Waals surface area contributed by atoms with Crippen LogP contribution in [0.1, 0.15) is 0 Å². The van der Waals surface area contributed by atoms with Gasteiger partial charge in [0.1, 0.15) is 5.82 Å². The van der Waals surface area contributed by atoms with E-state index in [0.717, 1.165) is 0 Å². The molecule has 0 fully saturated rings. The number of para-hydroxylation sites is 2. The van der Waals surface area contributed by atoms with Crippen LogP contribution in [0.25, 0.3) is 0 Å². The van der Waals surface area contributed by atoms with Gasteiger partial charge in [0, 0.05) is 12.1 Å². The number of pyridine rings is 1. The van der Waals surface area contributed by atoms with Gasteiger partial charge in [-0.2, -0.15) is 4.98 Å². The van der Waals surface area contributed by atoms with E-state index in [9.17, 15) is 10.1 Å². The zero-order valence-electron chi connectivity index (χ0n) is 8.74. The van der Waals surface area contributed by atoms with E-state index in [0.29, 0.717) is 5.82 Å². The summed E-state index contributed by atoms with van der Waals surface area (Å²) in [5.41, 5.74) is 5.37. The summed E-state index contributed by atoms with van der Waals surface area (Å²) in [6, 6.07) is 10.9. The van der Waals surface area contributed by atoms with Gasteiger partial charge < -0.3 is 10.5 Å². The molecule has 6 nitrogen and oxygen atoms in total. The Morgan fingerprint density at radius 2 is 1.94 bits per heavy atom. The summed E-state index contributed by atoms with van der Waals surface area (Å²) in [4.78, 5) is 14.1. The quantitative estimate of drug-likeness (QED) is 0.646. The van der Waals surface area contributed by atoms with Crippen LogP contribution >= 0.6 is 0 Å². The maximum atomic E-state index is 10.8. The maximum Gasteiger partial charge on any atom is 0.311 e. The van der Waals surface area contributed by atoms with E-state index >= 15 is 0 Å². The second-order valence-corrected chi connectivity index (χ2v) is 3.23. The monoisotopic (exact) mass is 231 g/mol. The third-order valence-corrected chi connectivity index (χ3v) is 2.02. The van der Waals surface area contributed by atoms with Crippen LogP contribution in [0.3, 0.4) is 0 Å². The number of rotatable bonds is 3. The van der Waals surface area contributed by atoms with Gasteiger partial charge in [-0.25, -0.2) is 0 Å². The molecule has 0 saturated heterocycles. The van der Waals surface area contributed by atoms with Crippen LogP contribution in [0.5, 0.6) is 11.6 Å². The highest BCUT2D eigenvalue weighted by Crippen LogP contribution is 2.29. The molecule has 1 heterocycles. The van der Waals surface area contributed by atoms with Gasteiger partial charge in [0.15, 0.2) is 0 Å². The van der Waals surface area contributed by atoms with Crippen LogP contribution in [-0.2, 0) is 0 Å². The highest BCUT2D eigenvalue weighted by atomic mass is 16.6. The van der Waals surface area contributed by atoms with Crippen molar-refractivity contribution in [2.45, 2.75) is 0 Å². The van der Waals surface area contributed by atoms with Gasteiger partial charge in [-0.1, -0.05) is 18.2 Å². The predicted molar refractivity (Wildman–Crippen MR) is 61.8 cm³/mol. The molecule has 0 radical (unpaired) electrons. The van der Waals surface area contributed by atoms with E-state index in [-0.39, 0.29) is 17.3 Å². The Morgan fingerprint density at radius 1 is 1.18 bits per heavy atom. The minimum atomic E-state index is -0.512. The van der Waals surface area contributed by atoms with Gasteiger partial charge in [0.2, 0.25) is 11.6 Å². The van der Waals surface area contributed by atoms with Crippen molar-refractivity contribution in [3.63, 3.8) is 0 Å². The molecule has 2 rings (SSSR count). The van der Waals surface area contributed by atoms with Crippen molar-refractivity contribution in [3.05, 3.63) is 52.6 Å². The zero-order chi connectivity index (χ0) is 12.3. The van der Waals surface area contributed by atoms with Crippen molar-refractivity contribution in [2.75, 3.05) is 5.73 Å². The largest absolute Gasteiger partial charge is 0.432 e. The number of nitro benzene ring substituents is 1. The molecule has 0 saturated carbocycles. The van der Waals surface area contributed by atoms with Crippen LogP contribution in [0, 0.1) is 10.1 Å². The molecule has 0 aliphatic heterocycles.